The van der Waals surface area contributed by atoms with E-state index in [1.54, 1.807) is 75.4 Å². The number of aromatic nitrogens is 8. The molecule has 526 valence electrons. The van der Waals surface area contributed by atoms with Crippen LogP contribution in [0.3, 0.4) is 0 Å². The molecule has 11 heterocycles. The number of benzene rings is 2. The van der Waals surface area contributed by atoms with Crippen molar-refractivity contribution < 1.29 is 32.8 Å². The van der Waals surface area contributed by atoms with Gasteiger partial charge in [0.1, 0.15) is 16.8 Å². The molecule has 101 heavy (non-hydrogen) atoms. The molecule has 22 heteroatoms. The summed E-state index contributed by atoms with van der Waals surface area (Å²) in [4.78, 5) is 103. The summed E-state index contributed by atoms with van der Waals surface area (Å²) in [6.07, 6.45) is 30.2. The van der Waals surface area contributed by atoms with Crippen molar-refractivity contribution in [1.29, 1.82) is 0 Å². The number of rotatable bonds is 11. The highest BCUT2D eigenvalue weighted by Crippen LogP contribution is 2.58. The fourth-order valence-corrected chi connectivity index (χ4v) is 18.0. The maximum atomic E-state index is 14.8. The van der Waals surface area contributed by atoms with Crippen molar-refractivity contribution in [2.75, 3.05) is 59.7 Å². The van der Waals surface area contributed by atoms with Gasteiger partial charge in [-0.15, -0.1) is 0 Å². The van der Waals surface area contributed by atoms with Crippen molar-refractivity contribution in [2.24, 2.45) is 10.8 Å². The number of likely N-dealkylation sites (tertiary alicyclic amines) is 3. The van der Waals surface area contributed by atoms with E-state index in [4.69, 9.17) is 15.0 Å². The number of fused-ring (bicyclic) bond motifs is 6. The fourth-order valence-electron chi connectivity index (χ4n) is 18.0. The maximum Gasteiger partial charge on any atom is 0.238 e. The number of carbonyl (C=O) groups excluding carboxylic acids is 5. The molecule has 10 aliphatic rings. The van der Waals surface area contributed by atoms with Crippen molar-refractivity contribution in [3.63, 3.8) is 0 Å². The summed E-state index contributed by atoms with van der Waals surface area (Å²) in [7, 11) is 0. The molecule has 0 atom stereocenters. The zero-order chi connectivity index (χ0) is 69.9. The fraction of sp³-hybridized carbons (Fsp3) is 0.506. The molecule has 3 saturated heterocycles. The molecule has 0 radical (unpaired) electrons. The highest BCUT2D eigenvalue weighted by Gasteiger charge is 2.58. The first-order valence-corrected chi connectivity index (χ1v) is 36.9. The molecule has 8 fully saturated rings. The van der Waals surface area contributed by atoms with Gasteiger partial charge in [0.15, 0.2) is 23.3 Å². The Morgan fingerprint density at radius 2 is 0.980 bits per heavy atom. The zero-order valence-electron chi connectivity index (χ0n) is 58.9. The van der Waals surface area contributed by atoms with Gasteiger partial charge in [0.2, 0.25) is 23.6 Å². The van der Waals surface area contributed by atoms with Crippen LogP contribution >= 0.6 is 0 Å². The van der Waals surface area contributed by atoms with Crippen LogP contribution in [0.1, 0.15) is 187 Å². The van der Waals surface area contributed by atoms with Gasteiger partial charge in [-0.25, -0.2) is 28.7 Å². The number of anilines is 6. The number of halogens is 2. The Morgan fingerprint density at radius 3 is 1.40 bits per heavy atom. The van der Waals surface area contributed by atoms with E-state index in [0.29, 0.717) is 105 Å². The smallest absolute Gasteiger partial charge is 0.238 e. The van der Waals surface area contributed by atoms with Crippen molar-refractivity contribution in [2.45, 2.75) is 205 Å². The summed E-state index contributed by atoms with van der Waals surface area (Å²) in [5.41, 5.74) is 10.4. The third-order valence-corrected chi connectivity index (χ3v) is 24.6. The molecule has 18 rings (SSSR count). The number of nitrogens with zero attached hydrogens (tertiary/aromatic N) is 13. The first kappa shape index (κ1) is 66.5. The van der Waals surface area contributed by atoms with Crippen LogP contribution in [-0.2, 0) is 34.8 Å². The lowest BCUT2D eigenvalue weighted by Crippen LogP contribution is -2.59. The van der Waals surface area contributed by atoms with E-state index in [2.05, 4.69) is 67.4 Å². The first-order valence-electron chi connectivity index (χ1n) is 36.9. The summed E-state index contributed by atoms with van der Waals surface area (Å²) in [5.74, 6) is 0.407. The van der Waals surface area contributed by atoms with Gasteiger partial charge in [-0.1, -0.05) is 43.5 Å². The number of carbonyl (C=O) groups is 5. The highest BCUT2D eigenvalue weighted by molar-refractivity contribution is 6.12. The third-order valence-electron chi connectivity index (χ3n) is 24.6. The quantitative estimate of drug-likeness (QED) is 0.123. The molecule has 5 saturated carbocycles. The molecule has 0 unspecified atom stereocenters. The number of hydrogen-bond acceptors (Lipinski definition) is 14. The summed E-state index contributed by atoms with van der Waals surface area (Å²) < 4.78 is 33.5. The van der Waals surface area contributed by atoms with Crippen molar-refractivity contribution in [3.05, 3.63) is 121 Å². The molecule has 20 nitrogen and oxygen atoms in total. The molecule has 4 spiro atoms. The molecule has 2 N–H and O–H groups in total. The van der Waals surface area contributed by atoms with Gasteiger partial charge in [0, 0.05) is 118 Å². The molecule has 5 aliphatic heterocycles. The van der Waals surface area contributed by atoms with E-state index < -0.39 is 22.5 Å². The number of amides is 4. The SMILES string of the molecule is C1CCC2(CC1)CC2.CC(=O)N1CCC2(CC1)C(=O)N(C1CC(=O)C1)c1cc(-c3cc4ncn(C(C)C)c4c(Nc4ccncc4F)n3)ccc12.CC(=O)N1CCC2(CC1)C(=O)N(C1CC(N3CCCC4(CC4)C3)C1)c1cc(-c3cc4ncn(C(C)C)c4c(Nc4ccncc4F)n3)ccc12. The Labute approximate surface area is 588 Å². The molecule has 0 bridgehead atoms. The minimum Gasteiger partial charge on any atom is -0.343 e. The second-order valence-corrected chi connectivity index (χ2v) is 31.4. The van der Waals surface area contributed by atoms with Crippen LogP contribution in [0.25, 0.3) is 44.6 Å². The molecule has 8 aromatic rings. The minimum atomic E-state index is -0.725. The van der Waals surface area contributed by atoms with Gasteiger partial charge < -0.3 is 39.4 Å². The number of pyridine rings is 4. The van der Waals surface area contributed by atoms with E-state index in [9.17, 15) is 32.8 Å². The molecule has 4 amide bonds. The molecular formula is C79H91F2N15O5. The summed E-state index contributed by atoms with van der Waals surface area (Å²) in [6, 6.07) is 20.0. The molecular weight excluding hydrogens is 1280 g/mol. The van der Waals surface area contributed by atoms with Gasteiger partial charge >= 0.3 is 0 Å². The number of piperidine rings is 3. The highest BCUT2D eigenvalue weighted by atomic mass is 19.1. The van der Waals surface area contributed by atoms with E-state index >= 15 is 0 Å². The van der Waals surface area contributed by atoms with Gasteiger partial charge in [0.05, 0.1) is 75.7 Å². The molecule has 5 aliphatic carbocycles. The van der Waals surface area contributed by atoms with Gasteiger partial charge in [0.25, 0.3) is 0 Å². The number of nitrogens with one attached hydrogen (secondary N) is 2. The van der Waals surface area contributed by atoms with Crippen LogP contribution in [0.2, 0.25) is 0 Å². The monoisotopic (exact) mass is 1370 g/mol. The maximum absolute atomic E-state index is 14.8. The number of hydrogen-bond donors (Lipinski definition) is 2. The predicted octanol–water partition coefficient (Wildman–Crippen LogP) is 14.2. The first-order chi connectivity index (χ1) is 48.7. The third kappa shape index (κ3) is 12.0. The van der Waals surface area contributed by atoms with E-state index in [1.807, 2.05) is 63.1 Å². The average molecular weight is 1370 g/mol. The van der Waals surface area contributed by atoms with Crippen molar-refractivity contribution in [1.82, 2.24) is 53.7 Å². The second-order valence-electron chi connectivity index (χ2n) is 31.4. The predicted molar refractivity (Wildman–Crippen MR) is 385 cm³/mol. The Bertz CT molecular complexity index is 4590. The van der Waals surface area contributed by atoms with Crippen LogP contribution < -0.4 is 20.4 Å². The van der Waals surface area contributed by atoms with E-state index in [1.165, 1.54) is 70.4 Å². The lowest BCUT2D eigenvalue weighted by atomic mass is 9.73. The van der Waals surface area contributed by atoms with Crippen LogP contribution in [0, 0.1) is 22.5 Å². The normalized spacial score (nSPS) is 22.1. The summed E-state index contributed by atoms with van der Waals surface area (Å²) in [5, 5.41) is 6.38. The Balaban J connectivity index is 0.000000142. The zero-order valence-corrected chi connectivity index (χ0v) is 58.9. The van der Waals surface area contributed by atoms with E-state index in [0.717, 1.165) is 74.6 Å². The van der Waals surface area contributed by atoms with Crippen LogP contribution in [0.15, 0.2) is 98.1 Å². The molecule has 6 aromatic heterocycles. The van der Waals surface area contributed by atoms with Crippen molar-refractivity contribution in [3.8, 4) is 22.5 Å². The number of ketones is 1. The van der Waals surface area contributed by atoms with Gasteiger partial charge in [-0.3, -0.25) is 38.8 Å². The standard InChI is InChI=1S/C39H45FN8O2.C32H32FN7O3.C8H14/c1-24(2)47-23-42-33-20-32(44-36(35(33)47)43-31-7-13-41-21-30(31)40)26-5-6-29-34(17-26)48(37(50)39(29)11-15-45(16-12-39)25(3)49)28-18-27(19-28)46-14-4-8-38(22-46)9-10-38;1-18(2)39-17-35-27-15-26(37-30(29(27)39)36-25-6-9-34-16-24(25)33)20-4-5-23-28(12-20)40(21-13-22(42)14-21)31(43)32(23)7-10-38(11-8-32)19(3)41;1-2-4-8(5-3-1)6-7-8/h5-7,13,17,20-21,23-24,27-28H,4,8-12,14-16,18-19,22H2,1-3H3,(H,41,43,44);4-6,9,12,15-18,21H,7-8,10-11,13-14H2,1-3H3,(H,34,36,37);1-7H2. The summed E-state index contributed by atoms with van der Waals surface area (Å²) >= 11 is 0. The summed E-state index contributed by atoms with van der Waals surface area (Å²) in [6.45, 7) is 16.0. The van der Waals surface area contributed by atoms with Crippen molar-refractivity contribution >= 4 is 85.9 Å². The van der Waals surface area contributed by atoms with Crippen LogP contribution in [0.4, 0.5) is 43.2 Å². The average Bonchev–Trinajstić information content (AvgIpc) is 1.56. The minimum absolute atomic E-state index is 0.00903. The Hall–Kier alpha value is -9.05. The number of imidazole rings is 2. The lowest BCUT2D eigenvalue weighted by molar-refractivity contribution is -0.134. The largest absolute Gasteiger partial charge is 0.343 e. The second kappa shape index (κ2) is 25.8. The Kier molecular flexibility index (Phi) is 17.0. The lowest BCUT2D eigenvalue weighted by Gasteiger charge is -2.49. The molecule has 2 aromatic carbocycles. The number of Topliss-reactive ketones (excluding diaryl/α,β-unsaturated/α-hetero) is 1. The van der Waals surface area contributed by atoms with Gasteiger partial charge in [-0.05, 0) is 182 Å². The van der Waals surface area contributed by atoms with Crippen LogP contribution in [-0.4, -0.2) is 141 Å². The van der Waals surface area contributed by atoms with Crippen LogP contribution in [0.5, 0.6) is 0 Å². The topological polar surface area (TPSA) is 213 Å². The van der Waals surface area contributed by atoms with Gasteiger partial charge in [-0.2, -0.15) is 0 Å². The van der Waals surface area contributed by atoms with E-state index in [-0.39, 0.29) is 65.0 Å². The Morgan fingerprint density at radius 1 is 0.525 bits per heavy atom.